The van der Waals surface area contributed by atoms with Gasteiger partial charge in [-0.3, -0.25) is 0 Å². The molecule has 102 heavy (non-hydrogen) atoms. The Morgan fingerprint density at radius 3 is 1.23 bits per heavy atom. The second-order valence-electron chi connectivity index (χ2n) is 26.1. The summed E-state index contributed by atoms with van der Waals surface area (Å²) < 4.78 is 22.1. The maximum atomic E-state index is 7.46. The largest absolute Gasteiger partial charge is 0.494 e. The molecule has 1 aliphatic rings. The molecule has 8 nitrogen and oxygen atoms in total. The van der Waals surface area contributed by atoms with E-state index in [0.717, 1.165) is 104 Å². The lowest BCUT2D eigenvalue weighted by molar-refractivity contribution is 0.00578. The second-order valence-corrected chi connectivity index (χ2v) is 30.7. The van der Waals surface area contributed by atoms with Crippen LogP contribution in [-0.4, -0.2) is 38.3 Å². The molecule has 7 heterocycles. The Hall–Kier alpha value is -11.1. The Labute approximate surface area is 610 Å². The van der Waals surface area contributed by atoms with Gasteiger partial charge in [0, 0.05) is 55.7 Å². The lowest BCUT2D eigenvalue weighted by Crippen LogP contribution is -2.41. The highest BCUT2D eigenvalue weighted by Gasteiger charge is 2.51. The minimum Gasteiger partial charge on any atom is -0.399 e. The number of hydrogen-bond donors (Lipinski definition) is 0. The summed E-state index contributed by atoms with van der Waals surface area (Å²) in [7, 11) is -0.384. The number of rotatable bonds is 8. The standard InChI is InChI=1S/C41H23N3S2.C31H26BNO2S.C16H9ClN2S/c1-42-30-20-21-36-34(24-30)32-18-9-17-31(39(32)45-36)28-14-7-12-26(22-28)27-13-8-15-29(23-27)41-43-37(25-10-3-2-4-11-25)40-38(44-41)33-16-5-6-19-35(33)46-40;1-30(2)31(3,4)35-32(34-30)23-12-7-10-21(18-23)20-9-6-11-22(17-20)25-13-8-14-26-27-19-24(33-5)15-16-28(27)36-29(25)26;17-16-18-13(10-6-2-1-3-7-10)15-14(19-16)11-8-4-5-9-12(11)20-15/h2-24H;6-19H,1-4H3;1-9H. The summed E-state index contributed by atoms with van der Waals surface area (Å²) in [6, 6.07) is 96.6. The summed E-state index contributed by atoms with van der Waals surface area (Å²) in [5.41, 5.74) is 17.9. The van der Waals surface area contributed by atoms with Crippen LogP contribution in [0, 0.1) is 13.1 Å². The Morgan fingerprint density at radius 2 is 0.716 bits per heavy atom. The van der Waals surface area contributed by atoms with Crippen molar-refractivity contribution in [2.45, 2.75) is 38.9 Å². The molecule has 0 N–H and O–H groups in total. The van der Waals surface area contributed by atoms with E-state index in [1.807, 2.05) is 72.8 Å². The quantitative estimate of drug-likeness (QED) is 0.0857. The molecule has 19 rings (SSSR count). The molecule has 0 spiro atoms. The van der Waals surface area contributed by atoms with E-state index in [0.29, 0.717) is 16.7 Å². The van der Waals surface area contributed by atoms with Crippen LogP contribution >= 0.6 is 56.9 Å². The number of nitrogens with zero attached hydrogens (tertiary/aromatic N) is 6. The first-order chi connectivity index (χ1) is 49.8. The molecule has 0 bridgehead atoms. The third-order valence-electron chi connectivity index (χ3n) is 19.3. The normalized spacial score (nSPS) is 13.2. The van der Waals surface area contributed by atoms with Crippen LogP contribution in [0.1, 0.15) is 27.7 Å². The topological polar surface area (TPSA) is 78.7 Å². The molecule has 486 valence electrons. The average molecular weight is 1410 g/mol. The van der Waals surface area contributed by atoms with E-state index in [9.17, 15) is 0 Å². The molecule has 14 heteroatoms. The lowest BCUT2D eigenvalue weighted by atomic mass is 9.78. The monoisotopic (exact) mass is 1400 g/mol. The molecule has 1 saturated heterocycles. The van der Waals surface area contributed by atoms with Gasteiger partial charge in [-0.2, -0.15) is 0 Å². The third-order valence-corrected chi connectivity index (χ3v) is 24.2. The molecule has 0 saturated carbocycles. The Kier molecular flexibility index (Phi) is 16.7. The SMILES string of the molecule is Clc1nc(-c2ccccc2)c2sc3ccccc3c2n1.[C-]#[N+]c1ccc2sc3c(-c4cccc(-c5cccc(-c6nc(-c7ccccc7)c7sc8ccccc8c7n6)c5)c4)cccc3c2c1.[C-]#[N+]c1ccc2sc3c(-c4cccc(-c5cccc(B6OC(C)(C)C(C)(C)O6)c5)c4)cccc3c2c1. The van der Waals surface area contributed by atoms with E-state index in [2.05, 4.69) is 254 Å². The van der Waals surface area contributed by atoms with E-state index < -0.39 is 0 Å². The van der Waals surface area contributed by atoms with Gasteiger partial charge in [-0.15, -0.1) is 45.3 Å². The molecule has 6 aromatic heterocycles. The first-order valence-electron chi connectivity index (χ1n) is 33.4. The fourth-order valence-electron chi connectivity index (χ4n) is 13.4. The number of halogens is 1. The van der Waals surface area contributed by atoms with Crippen molar-refractivity contribution in [1.82, 2.24) is 19.9 Å². The number of benzene rings is 12. The molecule has 0 amide bonds. The van der Waals surface area contributed by atoms with Gasteiger partial charge in [0.1, 0.15) is 0 Å². The zero-order valence-electron chi connectivity index (χ0n) is 55.6. The van der Waals surface area contributed by atoms with Gasteiger partial charge in [0.15, 0.2) is 17.2 Å². The van der Waals surface area contributed by atoms with Crippen molar-refractivity contribution in [3.63, 3.8) is 0 Å². The first-order valence-corrected chi connectivity index (χ1v) is 37.0. The molecule has 1 fully saturated rings. The molecular weight excluding hydrogens is 1350 g/mol. The smallest absolute Gasteiger partial charge is 0.399 e. The molecule has 0 unspecified atom stereocenters. The van der Waals surface area contributed by atoms with Gasteiger partial charge in [0.25, 0.3) is 0 Å². The van der Waals surface area contributed by atoms with Gasteiger partial charge in [-0.1, -0.05) is 237 Å². The zero-order valence-corrected chi connectivity index (χ0v) is 59.7. The van der Waals surface area contributed by atoms with Crippen molar-refractivity contribution in [3.8, 4) is 78.4 Å². The lowest BCUT2D eigenvalue weighted by Gasteiger charge is -2.32. The maximum absolute atomic E-state index is 7.46. The highest BCUT2D eigenvalue weighted by molar-refractivity contribution is 7.27. The molecule has 0 radical (unpaired) electrons. The molecule has 18 aromatic rings. The van der Waals surface area contributed by atoms with Crippen molar-refractivity contribution in [2.75, 3.05) is 0 Å². The van der Waals surface area contributed by atoms with E-state index in [1.165, 1.54) is 61.2 Å². The van der Waals surface area contributed by atoms with Gasteiger partial charge < -0.3 is 9.31 Å². The van der Waals surface area contributed by atoms with Crippen molar-refractivity contribution < 1.29 is 9.31 Å². The van der Waals surface area contributed by atoms with Crippen LogP contribution in [0.15, 0.2) is 279 Å². The van der Waals surface area contributed by atoms with E-state index in [4.69, 9.17) is 44.0 Å². The summed E-state index contributed by atoms with van der Waals surface area (Å²) in [4.78, 5) is 26.5. The third kappa shape index (κ3) is 11.9. The minimum atomic E-state index is -0.384. The highest BCUT2D eigenvalue weighted by atomic mass is 35.5. The number of hydrogen-bond acceptors (Lipinski definition) is 10. The van der Waals surface area contributed by atoms with Crippen molar-refractivity contribution >= 4 is 162 Å². The molecule has 0 aliphatic carbocycles. The molecular formula is C88H58BClN6O2S4. The van der Waals surface area contributed by atoms with E-state index >= 15 is 0 Å². The van der Waals surface area contributed by atoms with Crippen molar-refractivity contribution in [2.24, 2.45) is 0 Å². The predicted octanol–water partition coefficient (Wildman–Crippen LogP) is 25.8. The molecule has 12 aromatic carbocycles. The number of thiophene rings is 4. The van der Waals surface area contributed by atoms with Gasteiger partial charge in [0.05, 0.1) is 56.2 Å². The summed E-state index contributed by atoms with van der Waals surface area (Å²) >= 11 is 13.1. The van der Waals surface area contributed by atoms with Gasteiger partial charge in [-0.25, -0.2) is 29.6 Å². The highest BCUT2D eigenvalue weighted by Crippen LogP contribution is 2.46. The number of aromatic nitrogens is 4. The fraction of sp³-hybridized carbons (Fsp3) is 0.0682. The zero-order chi connectivity index (χ0) is 69.2. The summed E-state index contributed by atoms with van der Waals surface area (Å²) in [6.07, 6.45) is 0. The van der Waals surface area contributed by atoms with Crippen LogP contribution in [0.2, 0.25) is 5.28 Å². The summed E-state index contributed by atoms with van der Waals surface area (Å²) in [6.45, 7) is 23.2. The van der Waals surface area contributed by atoms with Crippen molar-refractivity contribution in [1.29, 1.82) is 0 Å². The summed E-state index contributed by atoms with van der Waals surface area (Å²) in [5, 5.41) is 7.27. The van der Waals surface area contributed by atoms with E-state index in [-0.39, 0.29) is 18.3 Å². The number of fused-ring (bicyclic) bond motifs is 12. The predicted molar refractivity (Wildman–Crippen MR) is 433 cm³/mol. The Bertz CT molecular complexity index is 6410. The first kappa shape index (κ1) is 64.3. The summed E-state index contributed by atoms with van der Waals surface area (Å²) in [5.74, 6) is 0.724. The minimum absolute atomic E-state index is 0.292. The maximum Gasteiger partial charge on any atom is 0.494 e. The van der Waals surface area contributed by atoms with Crippen LogP contribution in [0.3, 0.4) is 0 Å². The average Bonchev–Trinajstić information content (AvgIpc) is 1.69. The van der Waals surface area contributed by atoms with Crippen molar-refractivity contribution in [3.05, 3.63) is 307 Å². The van der Waals surface area contributed by atoms with Gasteiger partial charge >= 0.3 is 7.12 Å². The molecule has 1 aliphatic heterocycles. The van der Waals surface area contributed by atoms with Gasteiger partial charge in [-0.05, 0) is 153 Å². The van der Waals surface area contributed by atoms with Crippen LogP contribution in [0.25, 0.3) is 169 Å². The van der Waals surface area contributed by atoms with Crippen LogP contribution < -0.4 is 5.46 Å². The van der Waals surface area contributed by atoms with Gasteiger partial charge in [0.2, 0.25) is 5.28 Å². The van der Waals surface area contributed by atoms with E-state index in [1.54, 1.807) is 45.3 Å². The Balaban J connectivity index is 0.000000122. The Morgan fingerprint density at radius 1 is 0.333 bits per heavy atom. The second kappa shape index (κ2) is 26.5. The van der Waals surface area contributed by atoms with Crippen LogP contribution in [0.4, 0.5) is 11.4 Å². The van der Waals surface area contributed by atoms with Crippen LogP contribution in [0.5, 0.6) is 0 Å². The fourth-order valence-corrected chi connectivity index (χ4v) is 18.4. The van der Waals surface area contributed by atoms with Crippen LogP contribution in [-0.2, 0) is 9.31 Å². The molecule has 0 atom stereocenters.